The Morgan fingerprint density at radius 1 is 0.938 bits per heavy atom. The normalized spacial score (nSPS) is 20.5. The zero-order chi connectivity index (χ0) is 22.8. The molecule has 3 nitrogen and oxygen atoms in total. The molecule has 32 heavy (non-hydrogen) atoms. The van der Waals surface area contributed by atoms with E-state index >= 15 is 0 Å². The van der Waals surface area contributed by atoms with Crippen molar-refractivity contribution >= 4 is 24.7 Å². The molecular weight excluding hydrogens is 412 g/mol. The highest BCUT2D eigenvalue weighted by atomic mass is 28.4. The number of carbonyl (C=O) groups excluding carboxylic acids is 1. The first-order valence-corrected chi connectivity index (χ1v) is 13.6. The molecule has 0 radical (unpaired) electrons. The second-order valence-electron chi connectivity index (χ2n) is 9.89. The van der Waals surface area contributed by atoms with Crippen LogP contribution >= 0.6 is 0 Å². The summed E-state index contributed by atoms with van der Waals surface area (Å²) in [5.41, 5.74) is 2.58. The Bertz CT molecular complexity index is 962. The van der Waals surface area contributed by atoms with E-state index in [4.69, 9.17) is 9.16 Å². The molecule has 2 atom stereocenters. The van der Waals surface area contributed by atoms with Gasteiger partial charge in [0.15, 0.2) is 0 Å². The topological polar surface area (TPSA) is 35.5 Å². The minimum absolute atomic E-state index is 0.0245. The molecule has 168 valence electrons. The predicted molar refractivity (Wildman–Crippen MR) is 133 cm³/mol. The lowest BCUT2D eigenvalue weighted by Crippen LogP contribution is -2.66. The van der Waals surface area contributed by atoms with Gasteiger partial charge in [-0.25, -0.2) is 0 Å². The van der Waals surface area contributed by atoms with Gasteiger partial charge in [0.2, 0.25) is 0 Å². The Kier molecular flexibility index (Phi) is 6.54. The van der Waals surface area contributed by atoms with Crippen molar-refractivity contribution in [2.45, 2.75) is 58.1 Å². The largest absolute Gasteiger partial charge is 0.458 e. The number of esters is 1. The molecule has 0 aliphatic heterocycles. The molecule has 0 aromatic heterocycles. The van der Waals surface area contributed by atoms with E-state index in [0.717, 1.165) is 19.3 Å². The zero-order valence-electron chi connectivity index (χ0n) is 19.6. The Morgan fingerprint density at radius 3 is 2.03 bits per heavy atom. The first kappa shape index (κ1) is 22.7. The van der Waals surface area contributed by atoms with Crippen LogP contribution in [0.1, 0.15) is 47.0 Å². The highest BCUT2D eigenvalue weighted by Gasteiger charge is 2.50. The number of carbonyl (C=O) groups is 1. The maximum Gasteiger partial charge on any atom is 0.303 e. The number of benzene rings is 2. The SMILES string of the molecule is CC(=O)O[C@H]1C[C@@H](CCO[Si](c2ccccc2)(c2ccccc2)C(C)(C)C)C2=CCC=C21. The summed E-state index contributed by atoms with van der Waals surface area (Å²) in [5.74, 6) is 0.178. The van der Waals surface area contributed by atoms with Crippen LogP contribution in [-0.4, -0.2) is 27.0 Å². The number of allylic oxidation sites excluding steroid dienone is 2. The lowest BCUT2D eigenvalue weighted by Gasteiger charge is -2.43. The first-order valence-electron chi connectivity index (χ1n) is 11.7. The van der Waals surface area contributed by atoms with E-state index in [0.29, 0.717) is 12.5 Å². The summed E-state index contributed by atoms with van der Waals surface area (Å²) in [7, 11) is -2.52. The molecule has 2 aromatic carbocycles. The summed E-state index contributed by atoms with van der Waals surface area (Å²) >= 11 is 0. The van der Waals surface area contributed by atoms with Crippen molar-refractivity contribution in [2.75, 3.05) is 6.61 Å². The molecule has 2 aromatic rings. The van der Waals surface area contributed by atoms with E-state index in [-0.39, 0.29) is 17.1 Å². The van der Waals surface area contributed by atoms with Gasteiger partial charge in [-0.05, 0) is 51.7 Å². The fourth-order valence-electron chi connectivity index (χ4n) is 5.48. The summed E-state index contributed by atoms with van der Waals surface area (Å²) < 4.78 is 12.7. The van der Waals surface area contributed by atoms with E-state index in [2.05, 4.69) is 93.6 Å². The van der Waals surface area contributed by atoms with Gasteiger partial charge < -0.3 is 9.16 Å². The Balaban J connectivity index is 1.59. The molecule has 0 spiro atoms. The molecule has 4 rings (SSSR count). The summed E-state index contributed by atoms with van der Waals surface area (Å²) in [6, 6.07) is 21.6. The standard InChI is InChI=1S/C28H34O3Si/c1-21(29)31-27-20-22(25-16-11-17-26(25)27)18-19-30-32(28(2,3)4,23-12-7-5-8-13-23)24-14-9-6-10-15-24/h5-10,12-17,22,27H,11,18-20H2,1-4H3/t22-,27+/m1/s1. The van der Waals surface area contributed by atoms with Gasteiger partial charge in [0.05, 0.1) is 0 Å². The minimum Gasteiger partial charge on any atom is -0.458 e. The van der Waals surface area contributed by atoms with Crippen LogP contribution in [0.2, 0.25) is 5.04 Å². The van der Waals surface area contributed by atoms with Gasteiger partial charge in [0, 0.05) is 13.5 Å². The predicted octanol–water partition coefficient (Wildman–Crippen LogP) is 5.16. The Labute approximate surface area is 193 Å². The van der Waals surface area contributed by atoms with Crippen LogP contribution in [0.4, 0.5) is 0 Å². The number of ether oxygens (including phenoxy) is 1. The molecule has 0 saturated heterocycles. The van der Waals surface area contributed by atoms with E-state index in [9.17, 15) is 4.79 Å². The molecule has 1 saturated carbocycles. The van der Waals surface area contributed by atoms with Crippen molar-refractivity contribution in [3.63, 3.8) is 0 Å². The zero-order valence-corrected chi connectivity index (χ0v) is 20.6. The van der Waals surface area contributed by atoms with Crippen molar-refractivity contribution in [1.82, 2.24) is 0 Å². The van der Waals surface area contributed by atoms with Gasteiger partial charge in [0.1, 0.15) is 6.10 Å². The molecule has 2 aliphatic carbocycles. The third-order valence-corrected chi connectivity index (χ3v) is 11.8. The fourth-order valence-corrected chi connectivity index (χ4v) is 10.1. The maximum atomic E-state index is 11.6. The molecular formula is C28H34O3Si. The van der Waals surface area contributed by atoms with Gasteiger partial charge in [-0.15, -0.1) is 0 Å². The average Bonchev–Trinajstić information content (AvgIpc) is 3.36. The lowest BCUT2D eigenvalue weighted by atomic mass is 9.99. The molecule has 2 aliphatic rings. The van der Waals surface area contributed by atoms with Crippen LogP contribution in [0, 0.1) is 5.92 Å². The van der Waals surface area contributed by atoms with Gasteiger partial charge in [0.25, 0.3) is 8.32 Å². The fraction of sp³-hybridized carbons (Fsp3) is 0.393. The maximum absolute atomic E-state index is 11.6. The summed E-state index contributed by atoms with van der Waals surface area (Å²) in [6.07, 6.45) is 7.15. The van der Waals surface area contributed by atoms with Crippen LogP contribution in [0.25, 0.3) is 0 Å². The second-order valence-corrected chi connectivity index (χ2v) is 14.2. The molecule has 4 heteroatoms. The Morgan fingerprint density at radius 2 is 1.50 bits per heavy atom. The van der Waals surface area contributed by atoms with Crippen molar-refractivity contribution < 1.29 is 14.0 Å². The summed E-state index contributed by atoms with van der Waals surface area (Å²) in [5, 5.41) is 2.59. The lowest BCUT2D eigenvalue weighted by molar-refractivity contribution is -0.144. The second kappa shape index (κ2) is 9.20. The van der Waals surface area contributed by atoms with Gasteiger partial charge in [-0.3, -0.25) is 4.79 Å². The van der Waals surface area contributed by atoms with Crippen LogP contribution in [0.15, 0.2) is 84.0 Å². The highest BCUT2D eigenvalue weighted by molar-refractivity contribution is 6.99. The van der Waals surface area contributed by atoms with Crippen molar-refractivity contribution in [3.05, 3.63) is 84.0 Å². The monoisotopic (exact) mass is 446 g/mol. The van der Waals surface area contributed by atoms with E-state index in [1.807, 2.05) is 0 Å². The Hall–Kier alpha value is -2.43. The van der Waals surface area contributed by atoms with Crippen molar-refractivity contribution in [3.8, 4) is 0 Å². The highest BCUT2D eigenvalue weighted by Crippen LogP contribution is 2.44. The summed E-state index contributed by atoms with van der Waals surface area (Å²) in [6.45, 7) is 9.12. The van der Waals surface area contributed by atoms with Crippen LogP contribution < -0.4 is 10.4 Å². The van der Waals surface area contributed by atoms with Crippen LogP contribution in [-0.2, 0) is 14.0 Å². The van der Waals surface area contributed by atoms with Crippen molar-refractivity contribution in [2.24, 2.45) is 5.92 Å². The molecule has 0 unspecified atom stereocenters. The number of hydrogen-bond donors (Lipinski definition) is 0. The minimum atomic E-state index is -2.52. The van der Waals surface area contributed by atoms with Crippen LogP contribution in [0.3, 0.4) is 0 Å². The number of hydrogen-bond acceptors (Lipinski definition) is 3. The smallest absolute Gasteiger partial charge is 0.303 e. The molecule has 1 fully saturated rings. The third-order valence-electron chi connectivity index (χ3n) is 6.80. The molecule has 0 N–H and O–H groups in total. The number of rotatable bonds is 7. The van der Waals surface area contributed by atoms with Gasteiger partial charge in [-0.2, -0.15) is 0 Å². The van der Waals surface area contributed by atoms with Crippen LogP contribution in [0.5, 0.6) is 0 Å². The van der Waals surface area contributed by atoms with E-state index < -0.39 is 8.32 Å². The number of fused-ring (bicyclic) bond motifs is 1. The quantitative estimate of drug-likeness (QED) is 0.435. The van der Waals surface area contributed by atoms with Gasteiger partial charge >= 0.3 is 5.97 Å². The third kappa shape index (κ3) is 4.26. The van der Waals surface area contributed by atoms with Crippen molar-refractivity contribution in [1.29, 1.82) is 0 Å². The molecule has 0 amide bonds. The van der Waals surface area contributed by atoms with E-state index in [1.54, 1.807) is 0 Å². The average molecular weight is 447 g/mol. The molecule has 0 heterocycles. The first-order chi connectivity index (χ1) is 15.3. The summed E-state index contributed by atoms with van der Waals surface area (Å²) in [4.78, 5) is 11.6. The van der Waals surface area contributed by atoms with E-state index in [1.165, 1.54) is 28.4 Å². The van der Waals surface area contributed by atoms with Gasteiger partial charge in [-0.1, -0.05) is 93.6 Å². The molecule has 0 bridgehead atoms.